The van der Waals surface area contributed by atoms with E-state index in [9.17, 15) is 9.59 Å². The summed E-state index contributed by atoms with van der Waals surface area (Å²) in [7, 11) is 0. The average Bonchev–Trinajstić information content (AvgIpc) is 3.52. The summed E-state index contributed by atoms with van der Waals surface area (Å²) < 4.78 is 5.38. The molecule has 1 atom stereocenters. The van der Waals surface area contributed by atoms with E-state index in [2.05, 4.69) is 28.3 Å². The molecule has 0 saturated carbocycles. The molecule has 4 heterocycles. The van der Waals surface area contributed by atoms with Gasteiger partial charge in [0, 0.05) is 61.8 Å². The first-order valence-electron chi connectivity index (χ1n) is 11.9. The molecule has 2 saturated heterocycles. The minimum Gasteiger partial charge on any atom is -0.378 e. The molecule has 2 aliphatic rings. The van der Waals surface area contributed by atoms with Crippen molar-refractivity contribution in [1.82, 2.24) is 19.8 Å². The number of rotatable bonds is 6. The number of pyridine rings is 1. The molecule has 1 N–H and O–H groups in total. The van der Waals surface area contributed by atoms with Crippen LogP contribution in [0, 0.1) is 0 Å². The summed E-state index contributed by atoms with van der Waals surface area (Å²) in [5.74, 6) is 0.308. The second kappa shape index (κ2) is 9.75. The third-order valence-corrected chi connectivity index (χ3v) is 6.81. The maximum Gasteiger partial charge on any atom is 0.255 e. The number of aromatic amines is 1. The Labute approximate surface area is 193 Å². The lowest BCUT2D eigenvalue weighted by Gasteiger charge is -2.28. The lowest BCUT2D eigenvalue weighted by molar-refractivity contribution is -0.130. The molecule has 0 bridgehead atoms. The number of morpholine rings is 1. The van der Waals surface area contributed by atoms with Crippen molar-refractivity contribution in [3.05, 3.63) is 65.6 Å². The number of para-hydroxylation sites is 1. The molecule has 7 nitrogen and oxygen atoms in total. The molecule has 0 unspecified atom stereocenters. The first-order chi connectivity index (χ1) is 16.2. The van der Waals surface area contributed by atoms with Crippen molar-refractivity contribution in [2.75, 3.05) is 39.4 Å². The Balaban J connectivity index is 1.18. The number of nitrogens with zero attached hydrogens (tertiary/aromatic N) is 3. The van der Waals surface area contributed by atoms with Crippen LogP contribution in [0.15, 0.2) is 48.8 Å². The summed E-state index contributed by atoms with van der Waals surface area (Å²) in [6.07, 6.45) is 6.88. The molecule has 0 spiro atoms. The molecule has 2 aromatic heterocycles. The van der Waals surface area contributed by atoms with Gasteiger partial charge in [0.2, 0.25) is 5.91 Å². The number of benzene rings is 1. The number of H-pyrrole nitrogens is 1. The van der Waals surface area contributed by atoms with Gasteiger partial charge in [-0.15, -0.1) is 0 Å². The van der Waals surface area contributed by atoms with Gasteiger partial charge in [0.15, 0.2) is 0 Å². The first kappa shape index (κ1) is 21.6. The summed E-state index contributed by atoms with van der Waals surface area (Å²) in [5, 5.41) is 1.24. The normalized spacial score (nSPS) is 18.7. The Morgan fingerprint density at radius 2 is 1.91 bits per heavy atom. The highest BCUT2D eigenvalue weighted by Crippen LogP contribution is 2.29. The molecule has 2 amide bonds. The van der Waals surface area contributed by atoms with Gasteiger partial charge in [-0.1, -0.05) is 18.2 Å². The Bertz CT molecular complexity index is 1140. The van der Waals surface area contributed by atoms with E-state index in [1.165, 1.54) is 10.9 Å². The van der Waals surface area contributed by atoms with Crippen LogP contribution in [0.1, 0.15) is 46.8 Å². The predicted octanol–water partition coefficient (Wildman–Crippen LogP) is 3.37. The van der Waals surface area contributed by atoms with Crippen molar-refractivity contribution < 1.29 is 14.3 Å². The molecule has 5 rings (SSSR count). The SMILES string of the molecule is O=C(CCCc1c[nH]c2ccccc12)N1CC[C@H](c2ncccc2C(=O)N2CCOCC2)C1. The fourth-order valence-electron chi connectivity index (χ4n) is 5.00. The zero-order valence-electron chi connectivity index (χ0n) is 18.8. The van der Waals surface area contributed by atoms with Crippen molar-refractivity contribution in [1.29, 1.82) is 0 Å². The quantitative estimate of drug-likeness (QED) is 0.630. The van der Waals surface area contributed by atoms with Crippen LogP contribution in [-0.2, 0) is 16.0 Å². The number of likely N-dealkylation sites (tertiary alicyclic amines) is 1. The molecule has 7 heteroatoms. The summed E-state index contributed by atoms with van der Waals surface area (Å²) >= 11 is 0. The van der Waals surface area contributed by atoms with Gasteiger partial charge in [-0.25, -0.2) is 0 Å². The number of carbonyl (C=O) groups is 2. The van der Waals surface area contributed by atoms with Gasteiger partial charge in [-0.2, -0.15) is 0 Å². The molecule has 33 heavy (non-hydrogen) atoms. The van der Waals surface area contributed by atoms with Crippen molar-refractivity contribution in [2.45, 2.75) is 31.6 Å². The van der Waals surface area contributed by atoms with Gasteiger partial charge in [-0.3, -0.25) is 14.6 Å². The fourth-order valence-corrected chi connectivity index (χ4v) is 5.00. The molecule has 3 aromatic rings. The average molecular weight is 447 g/mol. The van der Waals surface area contributed by atoms with E-state index >= 15 is 0 Å². The Morgan fingerprint density at radius 3 is 2.79 bits per heavy atom. The van der Waals surface area contributed by atoms with E-state index in [0.29, 0.717) is 44.8 Å². The number of aryl methyl sites for hydroxylation is 1. The highest BCUT2D eigenvalue weighted by Gasteiger charge is 2.31. The highest BCUT2D eigenvalue weighted by atomic mass is 16.5. The molecule has 0 radical (unpaired) electrons. The zero-order chi connectivity index (χ0) is 22.6. The number of amides is 2. The number of hydrogen-bond donors (Lipinski definition) is 1. The van der Waals surface area contributed by atoms with E-state index in [1.54, 1.807) is 6.20 Å². The molecule has 1 aromatic carbocycles. The summed E-state index contributed by atoms with van der Waals surface area (Å²) in [6, 6.07) is 12.0. The zero-order valence-corrected chi connectivity index (χ0v) is 18.8. The molecule has 172 valence electrons. The van der Waals surface area contributed by atoms with E-state index in [0.717, 1.165) is 37.0 Å². The molecule has 2 fully saturated rings. The molecular weight excluding hydrogens is 416 g/mol. The van der Waals surface area contributed by atoms with E-state index in [4.69, 9.17) is 4.74 Å². The third kappa shape index (κ3) is 4.64. The van der Waals surface area contributed by atoms with Crippen LogP contribution in [0.4, 0.5) is 0 Å². The van der Waals surface area contributed by atoms with Crippen molar-refractivity contribution >= 4 is 22.7 Å². The monoisotopic (exact) mass is 446 g/mol. The number of carbonyl (C=O) groups excluding carboxylic acids is 2. The lowest BCUT2D eigenvalue weighted by atomic mass is 9.98. The third-order valence-electron chi connectivity index (χ3n) is 6.81. The number of fused-ring (bicyclic) bond motifs is 1. The van der Waals surface area contributed by atoms with Crippen LogP contribution in [0.5, 0.6) is 0 Å². The van der Waals surface area contributed by atoms with Crippen LogP contribution >= 0.6 is 0 Å². The molecule has 2 aliphatic heterocycles. The number of hydrogen-bond acceptors (Lipinski definition) is 4. The summed E-state index contributed by atoms with van der Waals surface area (Å²) in [6.45, 7) is 3.72. The van der Waals surface area contributed by atoms with Gasteiger partial charge in [0.25, 0.3) is 5.91 Å². The highest BCUT2D eigenvalue weighted by molar-refractivity contribution is 5.95. The Kier molecular flexibility index (Phi) is 6.39. The Hall–Kier alpha value is -3.19. The van der Waals surface area contributed by atoms with Crippen LogP contribution < -0.4 is 0 Å². The molecule has 0 aliphatic carbocycles. The topological polar surface area (TPSA) is 78.5 Å². The van der Waals surface area contributed by atoms with Gasteiger partial charge in [-0.05, 0) is 43.0 Å². The minimum absolute atomic E-state index is 0.0184. The lowest BCUT2D eigenvalue weighted by Crippen LogP contribution is -2.41. The van der Waals surface area contributed by atoms with Crippen molar-refractivity contribution in [3.8, 4) is 0 Å². The van der Waals surface area contributed by atoms with Gasteiger partial charge < -0.3 is 19.5 Å². The van der Waals surface area contributed by atoms with Crippen LogP contribution in [0.2, 0.25) is 0 Å². The van der Waals surface area contributed by atoms with E-state index in [-0.39, 0.29) is 17.7 Å². The second-order valence-corrected chi connectivity index (χ2v) is 8.88. The van der Waals surface area contributed by atoms with Crippen molar-refractivity contribution in [3.63, 3.8) is 0 Å². The van der Waals surface area contributed by atoms with Gasteiger partial charge in [0.1, 0.15) is 0 Å². The molecular formula is C26H30N4O3. The van der Waals surface area contributed by atoms with Crippen LogP contribution in [-0.4, -0.2) is 71.0 Å². The number of ether oxygens (including phenoxy) is 1. The second-order valence-electron chi connectivity index (χ2n) is 8.88. The summed E-state index contributed by atoms with van der Waals surface area (Å²) in [4.78, 5) is 37.6. The smallest absolute Gasteiger partial charge is 0.255 e. The van der Waals surface area contributed by atoms with E-state index in [1.807, 2.05) is 34.1 Å². The number of nitrogens with one attached hydrogen (secondary N) is 1. The standard InChI is InChI=1S/C26H30N4O3/c31-24(9-3-5-19-17-28-23-8-2-1-6-21(19)23)30-12-10-20(18-30)25-22(7-4-11-27-25)26(32)29-13-15-33-16-14-29/h1-2,4,6-8,11,17,20,28H,3,5,9-10,12-16,18H2/t20-/m0/s1. The maximum absolute atomic E-state index is 13.1. The van der Waals surface area contributed by atoms with Gasteiger partial charge >= 0.3 is 0 Å². The Morgan fingerprint density at radius 1 is 1.06 bits per heavy atom. The first-order valence-corrected chi connectivity index (χ1v) is 11.9. The fraction of sp³-hybridized carbons (Fsp3) is 0.423. The van der Waals surface area contributed by atoms with Crippen LogP contribution in [0.25, 0.3) is 10.9 Å². The predicted molar refractivity (Wildman–Crippen MR) is 126 cm³/mol. The van der Waals surface area contributed by atoms with Crippen molar-refractivity contribution in [2.24, 2.45) is 0 Å². The van der Waals surface area contributed by atoms with Crippen LogP contribution in [0.3, 0.4) is 0 Å². The van der Waals surface area contributed by atoms with Gasteiger partial charge in [0.05, 0.1) is 24.5 Å². The maximum atomic E-state index is 13.1. The van der Waals surface area contributed by atoms with E-state index < -0.39 is 0 Å². The summed E-state index contributed by atoms with van der Waals surface area (Å²) in [5.41, 5.74) is 3.89. The number of aromatic nitrogens is 2. The minimum atomic E-state index is 0.0184. The largest absolute Gasteiger partial charge is 0.378 e.